The van der Waals surface area contributed by atoms with Crippen molar-refractivity contribution < 1.29 is 18.0 Å². The molecule has 2 aromatic carbocycles. The van der Waals surface area contributed by atoms with E-state index >= 15 is 0 Å². The van der Waals surface area contributed by atoms with Crippen molar-refractivity contribution in [2.24, 2.45) is 0 Å². The molecule has 0 spiro atoms. The van der Waals surface area contributed by atoms with E-state index in [1.54, 1.807) is 44.2 Å². The molecule has 0 saturated heterocycles. The van der Waals surface area contributed by atoms with Gasteiger partial charge in [-0.15, -0.1) is 0 Å². The number of hydrogen-bond acceptors (Lipinski definition) is 4. The van der Waals surface area contributed by atoms with Gasteiger partial charge in [-0.3, -0.25) is 13.9 Å². The van der Waals surface area contributed by atoms with Gasteiger partial charge < -0.3 is 10.2 Å². The second-order valence-corrected chi connectivity index (χ2v) is 12.3. The third-order valence-electron chi connectivity index (χ3n) is 5.58. The molecular weight excluding hydrogens is 509 g/mol. The molecule has 1 atom stereocenters. The maximum Gasteiger partial charge on any atom is 0.244 e. The summed E-state index contributed by atoms with van der Waals surface area (Å²) < 4.78 is 26.6. The van der Waals surface area contributed by atoms with Crippen molar-refractivity contribution >= 4 is 50.7 Å². The molecule has 0 aliphatic heterocycles. The van der Waals surface area contributed by atoms with E-state index in [1.165, 1.54) is 4.90 Å². The van der Waals surface area contributed by atoms with Crippen LogP contribution in [0.4, 0.5) is 5.69 Å². The second kappa shape index (κ2) is 11.2. The maximum atomic E-state index is 13.7. The Balaban J connectivity index is 2.51. The normalized spacial score (nSPS) is 12.7. The van der Waals surface area contributed by atoms with Crippen LogP contribution in [0.25, 0.3) is 0 Å². The number of anilines is 1. The van der Waals surface area contributed by atoms with E-state index in [4.69, 9.17) is 23.2 Å². The number of carbonyl (C=O) groups excluding carboxylic acids is 2. The lowest BCUT2D eigenvalue weighted by molar-refractivity contribution is -0.140. The highest BCUT2D eigenvalue weighted by atomic mass is 35.5. The third kappa shape index (κ3) is 7.59. The van der Waals surface area contributed by atoms with Crippen molar-refractivity contribution in [2.45, 2.75) is 59.7 Å². The van der Waals surface area contributed by atoms with Crippen LogP contribution in [0.2, 0.25) is 10.0 Å². The molecule has 2 aromatic rings. The molecule has 0 bridgehead atoms. The summed E-state index contributed by atoms with van der Waals surface area (Å²) in [5.41, 5.74) is 1.98. The SMILES string of the molecule is Cc1cccc(N(CC(=O)N(Cc2c(Cl)cccc2Cl)[C@@H](C)C(=O)NC(C)(C)C)S(C)(=O)=O)c1C. The summed E-state index contributed by atoms with van der Waals surface area (Å²) in [5, 5.41) is 3.55. The first-order valence-electron chi connectivity index (χ1n) is 11.1. The zero-order valence-electron chi connectivity index (χ0n) is 21.1. The van der Waals surface area contributed by atoms with Gasteiger partial charge in [-0.2, -0.15) is 0 Å². The van der Waals surface area contributed by atoms with Gasteiger partial charge in [-0.1, -0.05) is 41.4 Å². The van der Waals surface area contributed by atoms with Crippen molar-refractivity contribution in [3.05, 3.63) is 63.1 Å². The van der Waals surface area contributed by atoms with Crippen LogP contribution in [0.5, 0.6) is 0 Å². The predicted octanol–water partition coefficient (Wildman–Crippen LogP) is 4.71. The molecule has 0 aromatic heterocycles. The lowest BCUT2D eigenvalue weighted by Gasteiger charge is -2.33. The number of aryl methyl sites for hydroxylation is 1. The van der Waals surface area contributed by atoms with E-state index in [0.29, 0.717) is 21.3 Å². The van der Waals surface area contributed by atoms with Crippen molar-refractivity contribution in [1.29, 1.82) is 0 Å². The summed E-state index contributed by atoms with van der Waals surface area (Å²) in [7, 11) is -3.82. The van der Waals surface area contributed by atoms with Crippen molar-refractivity contribution in [2.75, 3.05) is 17.1 Å². The van der Waals surface area contributed by atoms with Crippen LogP contribution in [0, 0.1) is 13.8 Å². The summed E-state index contributed by atoms with van der Waals surface area (Å²) in [4.78, 5) is 28.0. The number of sulfonamides is 1. The largest absolute Gasteiger partial charge is 0.350 e. The van der Waals surface area contributed by atoms with Gasteiger partial charge >= 0.3 is 0 Å². The number of benzene rings is 2. The van der Waals surface area contributed by atoms with Gasteiger partial charge in [0.2, 0.25) is 21.8 Å². The van der Waals surface area contributed by atoms with Gasteiger partial charge in [0.05, 0.1) is 11.9 Å². The quantitative estimate of drug-likeness (QED) is 0.524. The van der Waals surface area contributed by atoms with Crippen LogP contribution in [-0.2, 0) is 26.2 Å². The molecule has 0 unspecified atom stereocenters. The van der Waals surface area contributed by atoms with E-state index in [9.17, 15) is 18.0 Å². The molecule has 0 aliphatic rings. The van der Waals surface area contributed by atoms with E-state index in [-0.39, 0.29) is 12.5 Å². The van der Waals surface area contributed by atoms with Gasteiger partial charge in [0.15, 0.2) is 0 Å². The van der Waals surface area contributed by atoms with E-state index in [1.807, 2.05) is 33.8 Å². The number of rotatable bonds is 8. The molecular formula is C25H33Cl2N3O4S. The average Bonchev–Trinajstić information content (AvgIpc) is 2.71. The highest BCUT2D eigenvalue weighted by Gasteiger charge is 2.32. The fourth-order valence-electron chi connectivity index (χ4n) is 3.51. The number of nitrogens with zero attached hydrogens (tertiary/aromatic N) is 2. The summed E-state index contributed by atoms with van der Waals surface area (Å²) in [5.74, 6) is -0.949. The summed E-state index contributed by atoms with van der Waals surface area (Å²) in [6.07, 6.45) is 1.05. The molecule has 35 heavy (non-hydrogen) atoms. The Labute approximate surface area is 218 Å². The molecule has 2 amide bonds. The molecule has 0 radical (unpaired) electrons. The Kier molecular flexibility index (Phi) is 9.25. The third-order valence-corrected chi connectivity index (χ3v) is 7.41. The summed E-state index contributed by atoms with van der Waals surface area (Å²) in [6.45, 7) is 10.2. The standard InChI is InChI=1S/C25H33Cl2N3O4S/c1-16-10-8-13-22(17(16)2)30(35(7,33)34)15-23(31)29(18(3)24(32)28-25(4,5)6)14-19-20(26)11-9-12-21(19)27/h8-13,18H,14-15H2,1-7H3,(H,28,32)/t18-/m0/s1. The molecule has 7 nitrogen and oxygen atoms in total. The molecule has 1 N–H and O–H groups in total. The minimum atomic E-state index is -3.82. The minimum absolute atomic E-state index is 0.0690. The number of nitrogens with one attached hydrogen (secondary N) is 1. The molecule has 0 aliphatic carbocycles. The van der Waals surface area contributed by atoms with Crippen LogP contribution in [-0.4, -0.2) is 49.5 Å². The fraction of sp³-hybridized carbons (Fsp3) is 0.440. The number of halogens is 2. The maximum absolute atomic E-state index is 13.7. The highest BCUT2D eigenvalue weighted by molar-refractivity contribution is 7.92. The first-order chi connectivity index (χ1) is 16.0. The van der Waals surface area contributed by atoms with E-state index < -0.39 is 34.1 Å². The Bertz CT molecular complexity index is 1190. The summed E-state index contributed by atoms with van der Waals surface area (Å²) in [6, 6.07) is 9.30. The molecule has 10 heteroatoms. The first kappa shape index (κ1) is 28.9. The average molecular weight is 543 g/mol. The first-order valence-corrected chi connectivity index (χ1v) is 13.7. The second-order valence-electron chi connectivity index (χ2n) is 9.63. The number of amides is 2. The molecule has 0 heterocycles. The van der Waals surface area contributed by atoms with Crippen molar-refractivity contribution in [3.63, 3.8) is 0 Å². The van der Waals surface area contributed by atoms with Crippen LogP contribution in [0.15, 0.2) is 36.4 Å². The number of carbonyl (C=O) groups is 2. The van der Waals surface area contributed by atoms with Gasteiger partial charge in [0.25, 0.3) is 0 Å². The molecule has 2 rings (SSSR count). The fourth-order valence-corrected chi connectivity index (χ4v) is 4.93. The highest BCUT2D eigenvalue weighted by Crippen LogP contribution is 2.28. The van der Waals surface area contributed by atoms with Gasteiger partial charge in [0, 0.05) is 27.7 Å². The van der Waals surface area contributed by atoms with Crippen LogP contribution in [0.1, 0.15) is 44.4 Å². The van der Waals surface area contributed by atoms with Gasteiger partial charge in [-0.05, 0) is 70.9 Å². The Morgan fingerprint density at radius 2 is 1.57 bits per heavy atom. The van der Waals surface area contributed by atoms with Gasteiger partial charge in [0.1, 0.15) is 12.6 Å². The molecule has 0 fully saturated rings. The minimum Gasteiger partial charge on any atom is -0.350 e. The van der Waals surface area contributed by atoms with Crippen molar-refractivity contribution in [1.82, 2.24) is 10.2 Å². The smallest absolute Gasteiger partial charge is 0.244 e. The van der Waals surface area contributed by atoms with E-state index in [2.05, 4.69) is 5.32 Å². The van der Waals surface area contributed by atoms with Crippen LogP contribution < -0.4 is 9.62 Å². The number of hydrogen-bond donors (Lipinski definition) is 1. The summed E-state index contributed by atoms with van der Waals surface area (Å²) >= 11 is 12.7. The monoisotopic (exact) mass is 541 g/mol. The van der Waals surface area contributed by atoms with E-state index in [0.717, 1.165) is 21.7 Å². The lowest BCUT2D eigenvalue weighted by atomic mass is 10.1. The predicted molar refractivity (Wildman–Crippen MR) is 142 cm³/mol. The van der Waals surface area contributed by atoms with Crippen LogP contribution in [0.3, 0.4) is 0 Å². The topological polar surface area (TPSA) is 86.8 Å². The molecule has 0 saturated carbocycles. The zero-order chi connectivity index (χ0) is 26.7. The Morgan fingerprint density at radius 3 is 2.09 bits per heavy atom. The Hall–Kier alpha value is -2.29. The van der Waals surface area contributed by atoms with Crippen LogP contribution >= 0.6 is 23.2 Å². The van der Waals surface area contributed by atoms with Crippen molar-refractivity contribution in [3.8, 4) is 0 Å². The lowest BCUT2D eigenvalue weighted by Crippen LogP contribution is -2.54. The Morgan fingerprint density at radius 1 is 1.03 bits per heavy atom. The zero-order valence-corrected chi connectivity index (χ0v) is 23.5. The molecule has 192 valence electrons. The van der Waals surface area contributed by atoms with Gasteiger partial charge in [-0.25, -0.2) is 8.42 Å².